The number of aldehydes is 1. The Bertz CT molecular complexity index is 619. The molecule has 0 aliphatic carbocycles. The molecule has 0 fully saturated rings. The first-order valence-corrected chi connectivity index (χ1v) is 6.89. The van der Waals surface area contributed by atoms with E-state index in [0.29, 0.717) is 17.1 Å². The fourth-order valence-corrected chi connectivity index (χ4v) is 2.40. The molecule has 0 saturated heterocycles. The van der Waals surface area contributed by atoms with Gasteiger partial charge in [0.15, 0.2) is 6.29 Å². The number of carbonyl (C=O) groups is 1. The van der Waals surface area contributed by atoms with Crippen LogP contribution in [-0.2, 0) is 6.54 Å². The molecule has 1 atom stereocenters. The van der Waals surface area contributed by atoms with Crippen LogP contribution in [0.3, 0.4) is 0 Å². The molecule has 0 radical (unpaired) electrons. The van der Waals surface area contributed by atoms with E-state index < -0.39 is 0 Å². The fraction of sp³-hybridized carbons (Fsp3) is 0.250. The molecule has 1 aromatic carbocycles. The van der Waals surface area contributed by atoms with Crippen molar-refractivity contribution >= 4 is 17.9 Å². The number of aromatic nitrogens is 2. The van der Waals surface area contributed by atoms with Gasteiger partial charge in [0, 0.05) is 17.1 Å². The summed E-state index contributed by atoms with van der Waals surface area (Å²) in [4.78, 5) is 11.2. The predicted octanol–water partition coefficient (Wildman–Crippen LogP) is 4.08. The minimum absolute atomic E-state index is 0.188. The molecule has 3 nitrogen and oxygen atoms in total. The number of hydrogen-bond donors (Lipinski definition) is 0. The van der Waals surface area contributed by atoms with E-state index in [-0.39, 0.29) is 5.92 Å². The van der Waals surface area contributed by atoms with Gasteiger partial charge in [-0.1, -0.05) is 36.7 Å². The highest BCUT2D eigenvalue weighted by Gasteiger charge is 2.14. The Labute approximate surface area is 123 Å². The molecule has 1 unspecified atom stereocenters. The maximum absolute atomic E-state index is 11.2. The van der Waals surface area contributed by atoms with Gasteiger partial charge in [-0.2, -0.15) is 5.10 Å². The Morgan fingerprint density at radius 1 is 1.50 bits per heavy atom. The van der Waals surface area contributed by atoms with Crippen LogP contribution >= 0.6 is 11.6 Å². The second-order valence-corrected chi connectivity index (χ2v) is 5.28. The lowest BCUT2D eigenvalue weighted by Crippen LogP contribution is -2.02. The standard InChI is InChI=1S/C16H17ClN2O/c1-3-5-12(2)16-14(11-20)10-19(18-16)9-13-6-4-7-15(17)8-13/h3-4,6-8,10-12H,1,5,9H2,2H3. The topological polar surface area (TPSA) is 34.9 Å². The number of rotatable bonds is 6. The third-order valence-electron chi connectivity index (χ3n) is 3.17. The van der Waals surface area contributed by atoms with Crippen LogP contribution in [-0.4, -0.2) is 16.1 Å². The van der Waals surface area contributed by atoms with Crippen LogP contribution in [0.5, 0.6) is 0 Å². The van der Waals surface area contributed by atoms with E-state index in [4.69, 9.17) is 11.6 Å². The Kier molecular flexibility index (Phi) is 4.74. The maximum Gasteiger partial charge on any atom is 0.153 e. The summed E-state index contributed by atoms with van der Waals surface area (Å²) >= 11 is 5.97. The van der Waals surface area contributed by atoms with Gasteiger partial charge in [-0.15, -0.1) is 6.58 Å². The van der Waals surface area contributed by atoms with E-state index >= 15 is 0 Å². The Balaban J connectivity index is 2.25. The van der Waals surface area contributed by atoms with Crippen LogP contribution < -0.4 is 0 Å². The van der Waals surface area contributed by atoms with E-state index in [1.165, 1.54) is 0 Å². The van der Waals surface area contributed by atoms with Crippen molar-refractivity contribution in [2.24, 2.45) is 0 Å². The molecule has 0 aliphatic heterocycles. The summed E-state index contributed by atoms with van der Waals surface area (Å²) in [6, 6.07) is 7.63. The van der Waals surface area contributed by atoms with Crippen LogP contribution in [0.2, 0.25) is 5.02 Å². The van der Waals surface area contributed by atoms with Gasteiger partial charge in [0.05, 0.1) is 17.8 Å². The van der Waals surface area contributed by atoms with E-state index in [2.05, 4.69) is 11.7 Å². The molecule has 0 spiro atoms. The molecular formula is C16H17ClN2O. The summed E-state index contributed by atoms with van der Waals surface area (Å²) in [5.41, 5.74) is 2.52. The average Bonchev–Trinajstić information content (AvgIpc) is 2.82. The number of benzene rings is 1. The largest absolute Gasteiger partial charge is 0.298 e. The van der Waals surface area contributed by atoms with Gasteiger partial charge < -0.3 is 0 Å². The Morgan fingerprint density at radius 3 is 2.95 bits per heavy atom. The van der Waals surface area contributed by atoms with Gasteiger partial charge in [-0.25, -0.2) is 0 Å². The zero-order valence-corrected chi connectivity index (χ0v) is 12.2. The summed E-state index contributed by atoms with van der Waals surface area (Å²) in [5, 5.41) is 5.22. The molecule has 2 aromatic rings. The molecule has 1 heterocycles. The van der Waals surface area contributed by atoms with E-state index in [0.717, 1.165) is 24.0 Å². The molecule has 0 N–H and O–H groups in total. The number of allylic oxidation sites excluding steroid dienone is 1. The normalized spacial score (nSPS) is 12.1. The van der Waals surface area contributed by atoms with Crippen molar-refractivity contribution < 1.29 is 4.79 Å². The first-order valence-electron chi connectivity index (χ1n) is 6.52. The van der Waals surface area contributed by atoms with Gasteiger partial charge >= 0.3 is 0 Å². The van der Waals surface area contributed by atoms with Crippen LogP contribution in [0.1, 0.15) is 40.9 Å². The number of carbonyl (C=O) groups excluding carboxylic acids is 1. The van der Waals surface area contributed by atoms with E-state index in [1.54, 1.807) is 10.9 Å². The first-order chi connectivity index (χ1) is 9.63. The zero-order valence-electron chi connectivity index (χ0n) is 11.4. The smallest absolute Gasteiger partial charge is 0.153 e. The molecule has 0 bridgehead atoms. The van der Waals surface area contributed by atoms with Crippen molar-refractivity contribution in [3.63, 3.8) is 0 Å². The highest BCUT2D eigenvalue weighted by atomic mass is 35.5. The average molecular weight is 289 g/mol. The lowest BCUT2D eigenvalue weighted by Gasteiger charge is -2.06. The monoisotopic (exact) mass is 288 g/mol. The molecular weight excluding hydrogens is 272 g/mol. The maximum atomic E-state index is 11.2. The number of halogens is 1. The van der Waals surface area contributed by atoms with Crippen LogP contribution in [0.15, 0.2) is 43.1 Å². The molecule has 1 aromatic heterocycles. The SMILES string of the molecule is C=CCC(C)c1nn(Cc2cccc(Cl)c2)cc1C=O. The number of hydrogen-bond acceptors (Lipinski definition) is 2. The Morgan fingerprint density at radius 2 is 2.30 bits per heavy atom. The predicted molar refractivity (Wildman–Crippen MR) is 81.4 cm³/mol. The summed E-state index contributed by atoms with van der Waals surface area (Å²) in [6.07, 6.45) is 5.28. The van der Waals surface area contributed by atoms with Crippen LogP contribution in [0.25, 0.3) is 0 Å². The second-order valence-electron chi connectivity index (χ2n) is 4.84. The number of nitrogens with zero attached hydrogens (tertiary/aromatic N) is 2. The lowest BCUT2D eigenvalue weighted by molar-refractivity contribution is 0.112. The van der Waals surface area contributed by atoms with Crippen LogP contribution in [0, 0.1) is 0 Å². The van der Waals surface area contributed by atoms with Gasteiger partial charge in [-0.05, 0) is 24.1 Å². The molecule has 0 saturated carbocycles. The quantitative estimate of drug-likeness (QED) is 0.593. The molecule has 20 heavy (non-hydrogen) atoms. The minimum Gasteiger partial charge on any atom is -0.298 e. The highest BCUT2D eigenvalue weighted by Crippen LogP contribution is 2.21. The first kappa shape index (κ1) is 14.5. The van der Waals surface area contributed by atoms with E-state index in [1.807, 2.05) is 37.3 Å². The third kappa shape index (κ3) is 3.36. The van der Waals surface area contributed by atoms with Gasteiger partial charge in [-0.3, -0.25) is 9.48 Å². The second kappa shape index (κ2) is 6.53. The molecule has 4 heteroatoms. The fourth-order valence-electron chi connectivity index (χ4n) is 2.19. The molecule has 2 rings (SSSR count). The van der Waals surface area contributed by atoms with Crippen molar-refractivity contribution in [2.75, 3.05) is 0 Å². The van der Waals surface area contributed by atoms with Crippen molar-refractivity contribution in [1.82, 2.24) is 9.78 Å². The molecule has 104 valence electrons. The van der Waals surface area contributed by atoms with Crippen molar-refractivity contribution in [1.29, 1.82) is 0 Å². The molecule has 0 amide bonds. The van der Waals surface area contributed by atoms with Crippen LogP contribution in [0.4, 0.5) is 0 Å². The van der Waals surface area contributed by atoms with Crippen molar-refractivity contribution in [2.45, 2.75) is 25.8 Å². The summed E-state index contributed by atoms with van der Waals surface area (Å²) in [5.74, 6) is 0.188. The van der Waals surface area contributed by atoms with Gasteiger partial charge in [0.2, 0.25) is 0 Å². The lowest BCUT2D eigenvalue weighted by atomic mass is 10.0. The van der Waals surface area contributed by atoms with Gasteiger partial charge in [0.25, 0.3) is 0 Å². The van der Waals surface area contributed by atoms with Gasteiger partial charge in [0.1, 0.15) is 0 Å². The minimum atomic E-state index is 0.188. The summed E-state index contributed by atoms with van der Waals surface area (Å²) in [6.45, 7) is 6.37. The van der Waals surface area contributed by atoms with E-state index in [9.17, 15) is 4.79 Å². The molecule has 0 aliphatic rings. The van der Waals surface area contributed by atoms with Crippen molar-refractivity contribution in [3.05, 3.63) is 65.0 Å². The zero-order chi connectivity index (χ0) is 14.5. The summed E-state index contributed by atoms with van der Waals surface area (Å²) in [7, 11) is 0. The summed E-state index contributed by atoms with van der Waals surface area (Å²) < 4.78 is 1.78. The Hall–Kier alpha value is -1.87. The third-order valence-corrected chi connectivity index (χ3v) is 3.40. The highest BCUT2D eigenvalue weighted by molar-refractivity contribution is 6.30. The van der Waals surface area contributed by atoms with Crippen molar-refractivity contribution in [3.8, 4) is 0 Å².